The van der Waals surface area contributed by atoms with E-state index < -0.39 is 0 Å². The molecule has 0 bridgehead atoms. The van der Waals surface area contributed by atoms with Gasteiger partial charge < -0.3 is 4.90 Å². The molecule has 1 aliphatic rings. The summed E-state index contributed by atoms with van der Waals surface area (Å²) in [5.41, 5.74) is 2.62. The van der Waals surface area contributed by atoms with Gasteiger partial charge >= 0.3 is 0 Å². The summed E-state index contributed by atoms with van der Waals surface area (Å²) in [5.74, 6) is 2.50. The maximum atomic E-state index is 4.44. The standard InChI is InChI=1S/C16H21N3S/c1-2-18-12-16(10-17-18)19(15-8-9-20-13-15)11-14-6-4-3-5-7-14/h3-7,10,12,15H,2,8-9,11,13H2,1H3. The quantitative estimate of drug-likeness (QED) is 0.841. The van der Waals surface area contributed by atoms with Crippen molar-refractivity contribution in [1.82, 2.24) is 9.78 Å². The SMILES string of the molecule is CCn1cc(N(Cc2ccccc2)C2CCSC2)cn1. The van der Waals surface area contributed by atoms with Crippen molar-refractivity contribution in [3.63, 3.8) is 0 Å². The molecule has 20 heavy (non-hydrogen) atoms. The number of hydrogen-bond acceptors (Lipinski definition) is 3. The van der Waals surface area contributed by atoms with Crippen molar-refractivity contribution in [1.29, 1.82) is 0 Å². The number of benzene rings is 1. The molecule has 1 aromatic heterocycles. The third kappa shape index (κ3) is 3.01. The molecule has 0 aliphatic carbocycles. The van der Waals surface area contributed by atoms with E-state index in [0.29, 0.717) is 6.04 Å². The Balaban J connectivity index is 1.83. The molecular weight excluding hydrogens is 266 g/mol. The fraction of sp³-hybridized carbons (Fsp3) is 0.438. The van der Waals surface area contributed by atoms with Crippen molar-refractivity contribution in [3.8, 4) is 0 Å². The molecule has 4 heteroatoms. The predicted molar refractivity (Wildman–Crippen MR) is 86.3 cm³/mol. The van der Waals surface area contributed by atoms with Crippen LogP contribution in [0.1, 0.15) is 18.9 Å². The van der Waals surface area contributed by atoms with Gasteiger partial charge in [0.1, 0.15) is 0 Å². The maximum absolute atomic E-state index is 4.44. The van der Waals surface area contributed by atoms with Gasteiger partial charge in [0.25, 0.3) is 0 Å². The Morgan fingerprint density at radius 3 is 2.85 bits per heavy atom. The van der Waals surface area contributed by atoms with Crippen LogP contribution >= 0.6 is 11.8 Å². The molecule has 1 aliphatic heterocycles. The predicted octanol–water partition coefficient (Wildman–Crippen LogP) is 3.42. The third-order valence-corrected chi connectivity index (χ3v) is 4.96. The van der Waals surface area contributed by atoms with Crippen LogP contribution in [0.15, 0.2) is 42.7 Å². The van der Waals surface area contributed by atoms with E-state index in [1.54, 1.807) is 0 Å². The van der Waals surface area contributed by atoms with E-state index in [1.807, 2.05) is 10.9 Å². The zero-order valence-electron chi connectivity index (χ0n) is 11.9. The average Bonchev–Trinajstić information content (AvgIpc) is 3.17. The Kier molecular flexibility index (Phi) is 4.31. The van der Waals surface area contributed by atoms with Gasteiger partial charge in [-0.3, -0.25) is 4.68 Å². The molecule has 0 N–H and O–H groups in total. The molecule has 3 rings (SSSR count). The van der Waals surface area contributed by atoms with Gasteiger partial charge in [-0.1, -0.05) is 30.3 Å². The van der Waals surface area contributed by atoms with Crippen LogP contribution < -0.4 is 4.90 Å². The zero-order valence-corrected chi connectivity index (χ0v) is 12.7. The second-order valence-electron chi connectivity index (χ2n) is 5.19. The molecule has 1 atom stereocenters. The fourth-order valence-corrected chi connectivity index (χ4v) is 3.88. The normalized spacial score (nSPS) is 18.4. The van der Waals surface area contributed by atoms with E-state index >= 15 is 0 Å². The van der Waals surface area contributed by atoms with Crippen molar-refractivity contribution in [2.75, 3.05) is 16.4 Å². The van der Waals surface area contributed by atoms with Crippen molar-refractivity contribution in [3.05, 3.63) is 48.3 Å². The van der Waals surface area contributed by atoms with E-state index in [0.717, 1.165) is 13.1 Å². The highest BCUT2D eigenvalue weighted by molar-refractivity contribution is 7.99. The summed E-state index contributed by atoms with van der Waals surface area (Å²) >= 11 is 2.06. The van der Waals surface area contributed by atoms with Gasteiger partial charge in [0.15, 0.2) is 0 Å². The Morgan fingerprint density at radius 2 is 2.20 bits per heavy atom. The highest BCUT2D eigenvalue weighted by atomic mass is 32.2. The molecule has 2 heterocycles. The number of rotatable bonds is 5. The van der Waals surface area contributed by atoms with Gasteiger partial charge in [-0.15, -0.1) is 0 Å². The zero-order chi connectivity index (χ0) is 13.8. The number of aromatic nitrogens is 2. The van der Waals surface area contributed by atoms with E-state index in [4.69, 9.17) is 0 Å². The minimum absolute atomic E-state index is 0.634. The second-order valence-corrected chi connectivity index (χ2v) is 6.33. The molecule has 0 saturated carbocycles. The molecular formula is C16H21N3S. The summed E-state index contributed by atoms with van der Waals surface area (Å²) in [6, 6.07) is 11.4. The molecule has 0 spiro atoms. The molecule has 1 unspecified atom stereocenters. The summed E-state index contributed by atoms with van der Waals surface area (Å²) in [4.78, 5) is 2.52. The minimum Gasteiger partial charge on any atom is -0.361 e. The minimum atomic E-state index is 0.634. The average molecular weight is 287 g/mol. The van der Waals surface area contributed by atoms with Gasteiger partial charge in [-0.25, -0.2) is 0 Å². The number of aryl methyl sites for hydroxylation is 1. The van der Waals surface area contributed by atoms with E-state index in [-0.39, 0.29) is 0 Å². The van der Waals surface area contributed by atoms with Crippen molar-refractivity contribution in [2.45, 2.75) is 32.5 Å². The molecule has 0 radical (unpaired) electrons. The first-order valence-corrected chi connectivity index (χ1v) is 8.43. The highest BCUT2D eigenvalue weighted by Gasteiger charge is 2.24. The molecule has 1 aromatic carbocycles. The van der Waals surface area contributed by atoms with Crippen molar-refractivity contribution < 1.29 is 0 Å². The maximum Gasteiger partial charge on any atom is 0.0758 e. The monoisotopic (exact) mass is 287 g/mol. The first-order valence-electron chi connectivity index (χ1n) is 7.27. The summed E-state index contributed by atoms with van der Waals surface area (Å²) in [6.45, 7) is 4.03. The Hall–Kier alpha value is -1.42. The fourth-order valence-electron chi connectivity index (χ4n) is 2.65. The van der Waals surface area contributed by atoms with Crippen LogP contribution in [0.5, 0.6) is 0 Å². The topological polar surface area (TPSA) is 21.1 Å². The number of hydrogen-bond donors (Lipinski definition) is 0. The summed E-state index contributed by atoms with van der Waals surface area (Å²) in [6.07, 6.45) is 5.45. The lowest BCUT2D eigenvalue weighted by atomic mass is 10.1. The number of thioether (sulfide) groups is 1. The summed E-state index contributed by atoms with van der Waals surface area (Å²) < 4.78 is 2.01. The summed E-state index contributed by atoms with van der Waals surface area (Å²) in [5, 5.41) is 4.44. The van der Waals surface area contributed by atoms with Gasteiger partial charge in [0, 0.05) is 31.1 Å². The molecule has 1 saturated heterocycles. The molecule has 1 fully saturated rings. The van der Waals surface area contributed by atoms with Crippen LogP contribution in [0.25, 0.3) is 0 Å². The van der Waals surface area contributed by atoms with Crippen LogP contribution in [0.2, 0.25) is 0 Å². The highest BCUT2D eigenvalue weighted by Crippen LogP contribution is 2.28. The van der Waals surface area contributed by atoms with Gasteiger partial charge in [-0.2, -0.15) is 16.9 Å². The molecule has 0 amide bonds. The van der Waals surface area contributed by atoms with E-state index in [1.165, 1.54) is 29.2 Å². The smallest absolute Gasteiger partial charge is 0.0758 e. The van der Waals surface area contributed by atoms with Crippen LogP contribution in [0.4, 0.5) is 5.69 Å². The number of nitrogens with zero attached hydrogens (tertiary/aromatic N) is 3. The third-order valence-electron chi connectivity index (χ3n) is 3.82. The Bertz CT molecular complexity index is 532. The first-order chi connectivity index (χ1) is 9.86. The lowest BCUT2D eigenvalue weighted by molar-refractivity contribution is 0.638. The second kappa shape index (κ2) is 6.35. The largest absolute Gasteiger partial charge is 0.361 e. The lowest BCUT2D eigenvalue weighted by Crippen LogP contribution is -2.34. The van der Waals surface area contributed by atoms with Crippen LogP contribution in [0, 0.1) is 0 Å². The van der Waals surface area contributed by atoms with Crippen LogP contribution in [-0.2, 0) is 13.1 Å². The van der Waals surface area contributed by atoms with Gasteiger partial charge in [0.05, 0.1) is 11.9 Å². The van der Waals surface area contributed by atoms with Crippen LogP contribution in [0.3, 0.4) is 0 Å². The van der Waals surface area contributed by atoms with E-state index in [2.05, 4.69) is 65.2 Å². The van der Waals surface area contributed by atoms with Gasteiger partial charge in [-0.05, 0) is 24.7 Å². The first kappa shape index (κ1) is 13.6. The van der Waals surface area contributed by atoms with Gasteiger partial charge in [0.2, 0.25) is 0 Å². The van der Waals surface area contributed by atoms with Crippen molar-refractivity contribution >= 4 is 17.4 Å². The van der Waals surface area contributed by atoms with E-state index in [9.17, 15) is 0 Å². The molecule has 2 aromatic rings. The summed E-state index contributed by atoms with van der Waals surface area (Å²) in [7, 11) is 0. The van der Waals surface area contributed by atoms with Crippen LogP contribution in [-0.4, -0.2) is 27.3 Å². The lowest BCUT2D eigenvalue weighted by Gasteiger charge is -2.29. The number of anilines is 1. The Labute approximate surface area is 125 Å². The van der Waals surface area contributed by atoms with Crippen molar-refractivity contribution in [2.24, 2.45) is 0 Å². The Morgan fingerprint density at radius 1 is 1.35 bits per heavy atom. The molecule has 106 valence electrons. The molecule has 3 nitrogen and oxygen atoms in total.